The van der Waals surface area contributed by atoms with Gasteiger partial charge in [-0.05, 0) is 44.6 Å². The van der Waals surface area contributed by atoms with Crippen molar-refractivity contribution in [3.63, 3.8) is 0 Å². The number of benzene rings is 1. The summed E-state index contributed by atoms with van der Waals surface area (Å²) in [4.78, 5) is 13.6. The zero-order valence-corrected chi connectivity index (χ0v) is 12.4. The third kappa shape index (κ3) is 3.44. The van der Waals surface area contributed by atoms with Crippen molar-refractivity contribution in [3.8, 4) is 0 Å². The highest BCUT2D eigenvalue weighted by molar-refractivity contribution is 7.99. The maximum Gasteiger partial charge on any atom is 0.337 e. The normalized spacial score (nSPS) is 20.1. The molecule has 0 amide bonds. The molecule has 3 nitrogen and oxygen atoms in total. The minimum atomic E-state index is -0.829. The van der Waals surface area contributed by atoms with Crippen LogP contribution in [0.2, 0.25) is 0 Å². The Labute approximate surface area is 119 Å². The number of rotatable bonds is 3. The molecule has 0 aliphatic carbocycles. The number of aromatic carboxylic acids is 1. The topological polar surface area (TPSA) is 40.5 Å². The smallest absolute Gasteiger partial charge is 0.337 e. The summed E-state index contributed by atoms with van der Waals surface area (Å²) in [7, 11) is 0. The van der Waals surface area contributed by atoms with Gasteiger partial charge in [0.05, 0.1) is 11.3 Å². The van der Waals surface area contributed by atoms with E-state index in [1.54, 1.807) is 6.07 Å². The minimum absolute atomic E-state index is 0.433. The number of aryl methyl sites for hydroxylation is 1. The van der Waals surface area contributed by atoms with Crippen LogP contribution in [0.4, 0.5) is 5.69 Å². The SMILES string of the molecule is CSC1CCCN(c2ccc(C)cc2C(=O)O)CC1. The zero-order valence-electron chi connectivity index (χ0n) is 11.6. The monoisotopic (exact) mass is 279 g/mol. The molecule has 1 aliphatic heterocycles. The standard InChI is InChI=1S/C15H21NO2S/c1-11-5-6-14(13(10-11)15(17)18)16-8-3-4-12(19-2)7-9-16/h5-6,10,12H,3-4,7-9H2,1-2H3,(H,17,18). The van der Waals surface area contributed by atoms with E-state index in [0.29, 0.717) is 10.8 Å². The lowest BCUT2D eigenvalue weighted by Gasteiger charge is -2.24. The van der Waals surface area contributed by atoms with Crippen LogP contribution in [0.1, 0.15) is 35.2 Å². The van der Waals surface area contributed by atoms with E-state index in [1.165, 1.54) is 6.42 Å². The van der Waals surface area contributed by atoms with Crippen molar-refractivity contribution < 1.29 is 9.90 Å². The van der Waals surface area contributed by atoms with E-state index in [2.05, 4.69) is 11.2 Å². The first-order valence-corrected chi connectivity index (χ1v) is 8.02. The molecular formula is C15H21NO2S. The molecule has 1 aliphatic rings. The summed E-state index contributed by atoms with van der Waals surface area (Å²) >= 11 is 1.93. The Morgan fingerprint density at radius 3 is 2.84 bits per heavy atom. The lowest BCUT2D eigenvalue weighted by atomic mass is 10.1. The molecule has 0 saturated carbocycles. The molecule has 104 valence electrons. The quantitative estimate of drug-likeness (QED) is 0.920. The summed E-state index contributed by atoms with van der Waals surface area (Å²) in [6, 6.07) is 5.73. The highest BCUT2D eigenvalue weighted by Gasteiger charge is 2.20. The summed E-state index contributed by atoms with van der Waals surface area (Å²) in [5, 5.41) is 10.1. The molecule has 4 heteroatoms. The fraction of sp³-hybridized carbons (Fsp3) is 0.533. The molecule has 1 fully saturated rings. The molecule has 1 saturated heterocycles. The van der Waals surface area contributed by atoms with Crippen molar-refractivity contribution in [2.24, 2.45) is 0 Å². The minimum Gasteiger partial charge on any atom is -0.478 e. The van der Waals surface area contributed by atoms with Crippen LogP contribution in [0.15, 0.2) is 18.2 Å². The van der Waals surface area contributed by atoms with Gasteiger partial charge in [0.15, 0.2) is 0 Å². The van der Waals surface area contributed by atoms with Gasteiger partial charge in [-0.3, -0.25) is 0 Å². The largest absolute Gasteiger partial charge is 0.478 e. The number of carbonyl (C=O) groups is 1. The van der Waals surface area contributed by atoms with Crippen molar-refractivity contribution in [1.82, 2.24) is 0 Å². The number of thioether (sulfide) groups is 1. The second-order valence-corrected chi connectivity index (χ2v) is 6.24. The van der Waals surface area contributed by atoms with Gasteiger partial charge in [0.1, 0.15) is 0 Å². The van der Waals surface area contributed by atoms with Gasteiger partial charge < -0.3 is 10.0 Å². The van der Waals surface area contributed by atoms with Crippen molar-refractivity contribution in [3.05, 3.63) is 29.3 Å². The van der Waals surface area contributed by atoms with Gasteiger partial charge in [0, 0.05) is 18.3 Å². The summed E-state index contributed by atoms with van der Waals surface area (Å²) in [6.45, 7) is 3.84. The molecule has 0 radical (unpaired) electrons. The van der Waals surface area contributed by atoms with E-state index in [-0.39, 0.29) is 0 Å². The second kappa shape index (κ2) is 6.33. The predicted octanol–water partition coefficient (Wildman–Crippen LogP) is 3.42. The molecule has 0 spiro atoms. The van der Waals surface area contributed by atoms with E-state index < -0.39 is 5.97 Å². The summed E-state index contributed by atoms with van der Waals surface area (Å²) < 4.78 is 0. The van der Waals surface area contributed by atoms with Crippen LogP contribution < -0.4 is 4.90 Å². The van der Waals surface area contributed by atoms with Gasteiger partial charge in [-0.2, -0.15) is 11.8 Å². The van der Waals surface area contributed by atoms with Crippen LogP contribution in [-0.4, -0.2) is 35.7 Å². The highest BCUT2D eigenvalue weighted by Crippen LogP contribution is 2.27. The molecule has 0 aromatic heterocycles. The Hall–Kier alpha value is -1.16. The second-order valence-electron chi connectivity index (χ2n) is 5.10. The number of nitrogens with zero attached hydrogens (tertiary/aromatic N) is 1. The number of hydrogen-bond donors (Lipinski definition) is 1. The number of carboxylic acids is 1. The van der Waals surface area contributed by atoms with Crippen LogP contribution in [0.3, 0.4) is 0 Å². The van der Waals surface area contributed by atoms with E-state index in [4.69, 9.17) is 0 Å². The Morgan fingerprint density at radius 1 is 1.37 bits per heavy atom. The van der Waals surface area contributed by atoms with Crippen molar-refractivity contribution in [1.29, 1.82) is 0 Å². The van der Waals surface area contributed by atoms with Gasteiger partial charge in [0.2, 0.25) is 0 Å². The third-order valence-electron chi connectivity index (χ3n) is 3.73. The first kappa shape index (κ1) is 14.3. The molecule has 1 heterocycles. The fourth-order valence-corrected chi connectivity index (χ4v) is 3.38. The molecule has 1 N–H and O–H groups in total. The van der Waals surface area contributed by atoms with E-state index >= 15 is 0 Å². The van der Waals surface area contributed by atoms with Gasteiger partial charge in [-0.15, -0.1) is 0 Å². The Morgan fingerprint density at radius 2 is 2.16 bits per heavy atom. The molecule has 19 heavy (non-hydrogen) atoms. The van der Waals surface area contributed by atoms with E-state index in [9.17, 15) is 9.90 Å². The molecule has 1 aromatic carbocycles. The highest BCUT2D eigenvalue weighted by atomic mass is 32.2. The fourth-order valence-electron chi connectivity index (χ4n) is 2.64. The number of carboxylic acid groups (broad SMARTS) is 1. The third-order valence-corrected chi connectivity index (χ3v) is 4.87. The average Bonchev–Trinajstić information content (AvgIpc) is 2.63. The Kier molecular flexibility index (Phi) is 4.75. The molecule has 1 atom stereocenters. The average molecular weight is 279 g/mol. The van der Waals surface area contributed by atoms with Crippen molar-refractivity contribution >= 4 is 23.4 Å². The van der Waals surface area contributed by atoms with Crippen LogP contribution in [-0.2, 0) is 0 Å². The van der Waals surface area contributed by atoms with Gasteiger partial charge in [-0.25, -0.2) is 4.79 Å². The van der Waals surface area contributed by atoms with Crippen molar-refractivity contribution in [2.45, 2.75) is 31.4 Å². The van der Waals surface area contributed by atoms with Gasteiger partial charge >= 0.3 is 5.97 Å². The Bertz CT molecular complexity index is 461. The number of anilines is 1. The summed E-state index contributed by atoms with van der Waals surface area (Å²) in [5.74, 6) is -0.829. The van der Waals surface area contributed by atoms with Crippen LogP contribution in [0, 0.1) is 6.92 Å². The van der Waals surface area contributed by atoms with Crippen LogP contribution in [0.25, 0.3) is 0 Å². The van der Waals surface area contributed by atoms with Crippen LogP contribution >= 0.6 is 11.8 Å². The molecule has 0 bridgehead atoms. The molecule has 2 rings (SSSR count). The molecular weight excluding hydrogens is 258 g/mol. The van der Waals surface area contributed by atoms with Crippen molar-refractivity contribution in [2.75, 3.05) is 24.2 Å². The lowest BCUT2D eigenvalue weighted by molar-refractivity contribution is 0.0697. The predicted molar refractivity (Wildman–Crippen MR) is 81.5 cm³/mol. The summed E-state index contributed by atoms with van der Waals surface area (Å²) in [5.41, 5.74) is 2.31. The van der Waals surface area contributed by atoms with E-state index in [0.717, 1.165) is 37.2 Å². The van der Waals surface area contributed by atoms with E-state index in [1.807, 2.05) is 30.8 Å². The molecule has 1 aromatic rings. The van der Waals surface area contributed by atoms with Crippen LogP contribution in [0.5, 0.6) is 0 Å². The first-order chi connectivity index (χ1) is 9.11. The Balaban J connectivity index is 2.23. The van der Waals surface area contributed by atoms with Gasteiger partial charge in [-0.1, -0.05) is 11.6 Å². The zero-order chi connectivity index (χ0) is 13.8. The first-order valence-electron chi connectivity index (χ1n) is 6.73. The molecule has 1 unspecified atom stereocenters. The number of hydrogen-bond acceptors (Lipinski definition) is 3. The van der Waals surface area contributed by atoms with Gasteiger partial charge in [0.25, 0.3) is 0 Å². The lowest BCUT2D eigenvalue weighted by Crippen LogP contribution is -2.26. The maximum absolute atomic E-state index is 11.4. The summed E-state index contributed by atoms with van der Waals surface area (Å²) in [6.07, 6.45) is 5.66. The maximum atomic E-state index is 11.4.